The zero-order valence-corrected chi connectivity index (χ0v) is 10.9. The van der Waals surface area contributed by atoms with Crippen LogP contribution in [-0.2, 0) is 6.54 Å². The quantitative estimate of drug-likeness (QED) is 0.861. The topological polar surface area (TPSA) is 43.8 Å². The van der Waals surface area contributed by atoms with E-state index in [2.05, 4.69) is 21.0 Å². The summed E-state index contributed by atoms with van der Waals surface area (Å²) in [6.07, 6.45) is 0. The first kappa shape index (κ1) is 11.7. The predicted octanol–water partition coefficient (Wildman–Crippen LogP) is 2.18. The SMILES string of the molecule is Cc1nn(CC(C)C(N)=S)c(C)c1Br. The molecule has 0 aliphatic rings. The minimum atomic E-state index is 0.176. The smallest absolute Gasteiger partial charge is 0.0774 e. The number of thiocarbonyl (C=S) groups is 1. The van der Waals surface area contributed by atoms with E-state index in [1.165, 1.54) is 0 Å². The molecule has 3 nitrogen and oxygen atoms in total. The van der Waals surface area contributed by atoms with Gasteiger partial charge in [-0.1, -0.05) is 19.1 Å². The number of nitrogens with two attached hydrogens (primary N) is 1. The number of hydrogen-bond acceptors (Lipinski definition) is 2. The molecular weight excluding hydrogens is 262 g/mol. The van der Waals surface area contributed by atoms with Crippen molar-refractivity contribution in [2.45, 2.75) is 27.3 Å². The fourth-order valence-corrected chi connectivity index (χ4v) is 1.56. The molecule has 0 radical (unpaired) electrons. The molecule has 1 aromatic rings. The monoisotopic (exact) mass is 275 g/mol. The standard InChI is InChI=1S/C9H14BrN3S/c1-5(9(11)14)4-13-7(3)8(10)6(2)12-13/h5H,4H2,1-3H3,(H2,11,14). The number of nitrogens with zero attached hydrogens (tertiary/aromatic N) is 2. The van der Waals surface area contributed by atoms with Crippen LogP contribution in [-0.4, -0.2) is 14.8 Å². The van der Waals surface area contributed by atoms with Crippen LogP contribution in [0.4, 0.5) is 0 Å². The van der Waals surface area contributed by atoms with Crippen LogP contribution in [0.3, 0.4) is 0 Å². The minimum absolute atomic E-state index is 0.176. The molecule has 1 aromatic heterocycles. The summed E-state index contributed by atoms with van der Waals surface area (Å²) in [6.45, 7) is 6.75. The Morgan fingerprint density at radius 3 is 2.57 bits per heavy atom. The summed E-state index contributed by atoms with van der Waals surface area (Å²) < 4.78 is 3.00. The molecule has 0 aromatic carbocycles. The van der Waals surface area contributed by atoms with Crippen molar-refractivity contribution in [3.8, 4) is 0 Å². The van der Waals surface area contributed by atoms with Gasteiger partial charge in [0.05, 0.1) is 21.7 Å². The average Bonchev–Trinajstić information content (AvgIpc) is 2.33. The van der Waals surface area contributed by atoms with Crippen LogP contribution in [0.2, 0.25) is 0 Å². The molecule has 1 rings (SSSR count). The average molecular weight is 276 g/mol. The molecule has 0 amide bonds. The lowest BCUT2D eigenvalue weighted by Gasteiger charge is -2.10. The summed E-state index contributed by atoms with van der Waals surface area (Å²) >= 11 is 8.40. The third kappa shape index (κ3) is 2.33. The van der Waals surface area contributed by atoms with Crippen LogP contribution in [0.1, 0.15) is 18.3 Å². The number of halogens is 1. The van der Waals surface area contributed by atoms with Crippen molar-refractivity contribution in [2.24, 2.45) is 11.7 Å². The van der Waals surface area contributed by atoms with Crippen LogP contribution in [0.25, 0.3) is 0 Å². The highest BCUT2D eigenvalue weighted by Crippen LogP contribution is 2.20. The lowest BCUT2D eigenvalue weighted by Crippen LogP contribution is -2.23. The minimum Gasteiger partial charge on any atom is -0.393 e. The molecule has 1 heterocycles. The fraction of sp³-hybridized carbons (Fsp3) is 0.556. The number of rotatable bonds is 3. The molecule has 0 spiro atoms. The zero-order valence-electron chi connectivity index (χ0n) is 8.54. The van der Waals surface area contributed by atoms with Crippen molar-refractivity contribution in [1.29, 1.82) is 0 Å². The van der Waals surface area contributed by atoms with E-state index < -0.39 is 0 Å². The van der Waals surface area contributed by atoms with Gasteiger partial charge in [0.25, 0.3) is 0 Å². The summed E-state index contributed by atoms with van der Waals surface area (Å²) in [4.78, 5) is 0.536. The van der Waals surface area contributed by atoms with Crippen molar-refractivity contribution in [2.75, 3.05) is 0 Å². The lowest BCUT2D eigenvalue weighted by atomic mass is 10.2. The maximum absolute atomic E-state index is 5.56. The van der Waals surface area contributed by atoms with Gasteiger partial charge in [0, 0.05) is 11.6 Å². The van der Waals surface area contributed by atoms with Gasteiger partial charge in [0.1, 0.15) is 0 Å². The highest BCUT2D eigenvalue weighted by atomic mass is 79.9. The molecule has 1 unspecified atom stereocenters. The predicted molar refractivity (Wildman–Crippen MR) is 65.4 cm³/mol. The van der Waals surface area contributed by atoms with Crippen LogP contribution in [0, 0.1) is 19.8 Å². The second kappa shape index (κ2) is 4.40. The summed E-state index contributed by atoms with van der Waals surface area (Å²) in [5, 5.41) is 4.39. The van der Waals surface area contributed by atoms with E-state index in [4.69, 9.17) is 18.0 Å². The molecular formula is C9H14BrN3S. The molecule has 1 atom stereocenters. The van der Waals surface area contributed by atoms with Gasteiger partial charge in [-0.15, -0.1) is 0 Å². The fourth-order valence-electron chi connectivity index (χ4n) is 1.20. The Morgan fingerprint density at radius 1 is 1.64 bits per heavy atom. The Labute approximate surface area is 97.8 Å². The van der Waals surface area contributed by atoms with Crippen LogP contribution in [0.5, 0.6) is 0 Å². The molecule has 0 aliphatic carbocycles. The Hall–Kier alpha value is -0.420. The molecule has 78 valence electrons. The maximum atomic E-state index is 5.56. The molecule has 14 heavy (non-hydrogen) atoms. The largest absolute Gasteiger partial charge is 0.393 e. The van der Waals surface area contributed by atoms with Crippen molar-refractivity contribution in [3.63, 3.8) is 0 Å². The summed E-state index contributed by atoms with van der Waals surface area (Å²) in [5.74, 6) is 0.176. The molecule has 5 heteroatoms. The van der Waals surface area contributed by atoms with Crippen molar-refractivity contribution in [1.82, 2.24) is 9.78 Å². The lowest BCUT2D eigenvalue weighted by molar-refractivity contribution is 0.528. The first-order chi connectivity index (χ1) is 6.43. The first-order valence-electron chi connectivity index (χ1n) is 4.42. The molecule has 2 N–H and O–H groups in total. The van der Waals surface area contributed by atoms with Gasteiger partial charge in [-0.2, -0.15) is 5.10 Å². The first-order valence-corrected chi connectivity index (χ1v) is 5.62. The van der Waals surface area contributed by atoms with E-state index in [-0.39, 0.29) is 5.92 Å². The highest BCUT2D eigenvalue weighted by Gasteiger charge is 2.12. The van der Waals surface area contributed by atoms with Gasteiger partial charge in [-0.25, -0.2) is 0 Å². The Morgan fingerprint density at radius 2 is 2.21 bits per heavy atom. The van der Waals surface area contributed by atoms with Crippen molar-refractivity contribution >= 4 is 33.1 Å². The van der Waals surface area contributed by atoms with Gasteiger partial charge in [-0.3, -0.25) is 4.68 Å². The third-order valence-corrected chi connectivity index (χ3v) is 3.78. The molecule has 0 aliphatic heterocycles. The van der Waals surface area contributed by atoms with Crippen LogP contribution >= 0.6 is 28.1 Å². The summed E-state index contributed by atoms with van der Waals surface area (Å²) in [7, 11) is 0. The summed E-state index contributed by atoms with van der Waals surface area (Å²) in [5.41, 5.74) is 7.67. The van der Waals surface area contributed by atoms with Crippen LogP contribution < -0.4 is 5.73 Å². The second-order valence-corrected chi connectivity index (χ2v) is 4.73. The van der Waals surface area contributed by atoms with Gasteiger partial charge in [0.15, 0.2) is 0 Å². The van der Waals surface area contributed by atoms with E-state index in [1.807, 2.05) is 25.5 Å². The van der Waals surface area contributed by atoms with Crippen molar-refractivity contribution in [3.05, 3.63) is 15.9 Å². The molecule has 0 saturated carbocycles. The second-order valence-electron chi connectivity index (χ2n) is 3.47. The van der Waals surface area contributed by atoms with E-state index in [0.717, 1.165) is 22.4 Å². The van der Waals surface area contributed by atoms with E-state index >= 15 is 0 Å². The molecule has 0 saturated heterocycles. The molecule has 0 bridgehead atoms. The maximum Gasteiger partial charge on any atom is 0.0774 e. The molecule has 0 fully saturated rings. The van der Waals surface area contributed by atoms with Gasteiger partial charge in [0.2, 0.25) is 0 Å². The Kier molecular flexibility index (Phi) is 3.66. The van der Waals surface area contributed by atoms with Gasteiger partial charge in [-0.05, 0) is 29.8 Å². The Bertz CT molecular complexity index is 359. The zero-order chi connectivity index (χ0) is 10.9. The number of aryl methyl sites for hydroxylation is 1. The van der Waals surface area contributed by atoms with E-state index in [1.54, 1.807) is 0 Å². The number of aromatic nitrogens is 2. The van der Waals surface area contributed by atoms with Crippen LogP contribution in [0.15, 0.2) is 4.47 Å². The van der Waals surface area contributed by atoms with Gasteiger partial charge >= 0.3 is 0 Å². The van der Waals surface area contributed by atoms with E-state index in [9.17, 15) is 0 Å². The van der Waals surface area contributed by atoms with Gasteiger partial charge < -0.3 is 5.73 Å². The normalized spacial score (nSPS) is 12.9. The number of hydrogen-bond donors (Lipinski definition) is 1. The summed E-state index contributed by atoms with van der Waals surface area (Å²) in [6, 6.07) is 0. The van der Waals surface area contributed by atoms with Crippen molar-refractivity contribution < 1.29 is 0 Å². The highest BCUT2D eigenvalue weighted by molar-refractivity contribution is 9.10. The Balaban J connectivity index is 2.87. The third-order valence-electron chi connectivity index (χ3n) is 2.23. The van der Waals surface area contributed by atoms with E-state index in [0.29, 0.717) is 4.99 Å².